The average Bonchev–Trinajstić information content (AvgIpc) is 2.73. The van der Waals surface area contributed by atoms with Gasteiger partial charge in [0.15, 0.2) is 0 Å². The van der Waals surface area contributed by atoms with E-state index in [0.29, 0.717) is 44.2 Å². The van der Waals surface area contributed by atoms with Crippen LogP contribution in [0.5, 0.6) is 5.75 Å². The maximum atomic E-state index is 5.72. The quantitative estimate of drug-likeness (QED) is 0.670. The molecule has 0 amide bonds. The van der Waals surface area contributed by atoms with Crippen molar-refractivity contribution in [1.29, 1.82) is 0 Å². The van der Waals surface area contributed by atoms with Gasteiger partial charge in [0.1, 0.15) is 12.4 Å². The fraction of sp³-hybridized carbons (Fsp3) is 0.526. The third-order valence-corrected chi connectivity index (χ3v) is 4.35. The lowest BCUT2D eigenvalue weighted by atomic mass is 10.3. The van der Waals surface area contributed by atoms with Crippen molar-refractivity contribution in [2.45, 2.75) is 13.8 Å². The molecule has 0 bridgehead atoms. The standard InChI is InChI=1S/C19H28N6O2/c1-3-24(4-2)18-21-17(20-10-13-27-16-8-6-5-7-9-16)22-19(23-18)25-11-14-26-15-12-25/h5-9H,3-4,10-15H2,1-2H3,(H,20,21,22,23). The zero-order chi connectivity index (χ0) is 18.9. The zero-order valence-electron chi connectivity index (χ0n) is 16.1. The Balaban J connectivity index is 1.67. The Kier molecular flexibility index (Phi) is 7.04. The first kappa shape index (κ1) is 19.2. The van der Waals surface area contributed by atoms with Crippen molar-refractivity contribution >= 4 is 17.8 Å². The summed E-state index contributed by atoms with van der Waals surface area (Å²) in [6.07, 6.45) is 0. The second-order valence-electron chi connectivity index (χ2n) is 6.12. The molecule has 0 unspecified atom stereocenters. The van der Waals surface area contributed by atoms with E-state index >= 15 is 0 Å². The Morgan fingerprint density at radius 2 is 1.81 bits per heavy atom. The van der Waals surface area contributed by atoms with Crippen LogP contribution in [0.2, 0.25) is 0 Å². The molecule has 1 fully saturated rings. The summed E-state index contributed by atoms with van der Waals surface area (Å²) in [5.74, 6) is 2.82. The minimum absolute atomic E-state index is 0.531. The molecular formula is C19H28N6O2. The van der Waals surface area contributed by atoms with Crippen LogP contribution in [0.1, 0.15) is 13.8 Å². The van der Waals surface area contributed by atoms with Gasteiger partial charge in [-0.05, 0) is 26.0 Å². The van der Waals surface area contributed by atoms with Gasteiger partial charge >= 0.3 is 0 Å². The number of morpholine rings is 1. The van der Waals surface area contributed by atoms with E-state index in [2.05, 4.69) is 43.9 Å². The maximum absolute atomic E-state index is 5.72. The zero-order valence-corrected chi connectivity index (χ0v) is 16.1. The van der Waals surface area contributed by atoms with Gasteiger partial charge in [0.05, 0.1) is 19.8 Å². The van der Waals surface area contributed by atoms with Crippen LogP contribution >= 0.6 is 0 Å². The number of ether oxygens (including phenoxy) is 2. The summed E-state index contributed by atoms with van der Waals surface area (Å²) >= 11 is 0. The highest BCUT2D eigenvalue weighted by Crippen LogP contribution is 2.17. The van der Waals surface area contributed by atoms with Crippen LogP contribution < -0.4 is 19.9 Å². The van der Waals surface area contributed by atoms with E-state index in [-0.39, 0.29) is 0 Å². The van der Waals surface area contributed by atoms with Gasteiger partial charge in [-0.3, -0.25) is 0 Å². The molecule has 0 atom stereocenters. The fourth-order valence-electron chi connectivity index (χ4n) is 2.83. The summed E-state index contributed by atoms with van der Waals surface area (Å²) in [6.45, 7) is 10.0. The van der Waals surface area contributed by atoms with Gasteiger partial charge in [0.25, 0.3) is 0 Å². The third-order valence-electron chi connectivity index (χ3n) is 4.35. The monoisotopic (exact) mass is 372 g/mol. The van der Waals surface area contributed by atoms with Crippen LogP contribution in [-0.2, 0) is 4.74 Å². The normalized spacial score (nSPS) is 14.1. The molecule has 146 valence electrons. The lowest BCUT2D eigenvalue weighted by Gasteiger charge is -2.28. The van der Waals surface area contributed by atoms with Crippen LogP contribution in [0.25, 0.3) is 0 Å². The fourth-order valence-corrected chi connectivity index (χ4v) is 2.83. The van der Waals surface area contributed by atoms with Crippen molar-refractivity contribution in [3.63, 3.8) is 0 Å². The minimum Gasteiger partial charge on any atom is -0.492 e. The SMILES string of the molecule is CCN(CC)c1nc(NCCOc2ccccc2)nc(N2CCOCC2)n1. The van der Waals surface area contributed by atoms with E-state index in [1.165, 1.54) is 0 Å². The summed E-state index contributed by atoms with van der Waals surface area (Å²) in [6, 6.07) is 9.77. The Bertz CT molecular complexity index is 690. The Morgan fingerprint density at radius 1 is 1.07 bits per heavy atom. The molecule has 2 aromatic rings. The molecule has 3 rings (SSSR count). The molecule has 1 aromatic heterocycles. The smallest absolute Gasteiger partial charge is 0.232 e. The van der Waals surface area contributed by atoms with Gasteiger partial charge in [-0.2, -0.15) is 15.0 Å². The highest BCUT2D eigenvalue weighted by atomic mass is 16.5. The molecule has 1 aliphatic rings. The highest BCUT2D eigenvalue weighted by molar-refractivity contribution is 5.45. The molecule has 0 aliphatic carbocycles. The van der Waals surface area contributed by atoms with Crippen molar-refractivity contribution in [3.05, 3.63) is 30.3 Å². The molecule has 0 spiro atoms. The topological polar surface area (TPSA) is 75.6 Å². The molecule has 1 aromatic carbocycles. The molecule has 8 heteroatoms. The molecule has 27 heavy (non-hydrogen) atoms. The third kappa shape index (κ3) is 5.43. The summed E-state index contributed by atoms with van der Waals surface area (Å²) in [5.41, 5.74) is 0. The van der Waals surface area contributed by atoms with E-state index in [1.54, 1.807) is 0 Å². The second-order valence-corrected chi connectivity index (χ2v) is 6.12. The molecule has 1 saturated heterocycles. The molecule has 2 heterocycles. The maximum Gasteiger partial charge on any atom is 0.232 e. The molecule has 1 aliphatic heterocycles. The molecule has 0 radical (unpaired) electrons. The van der Waals surface area contributed by atoms with Gasteiger partial charge in [0.2, 0.25) is 17.8 Å². The largest absolute Gasteiger partial charge is 0.492 e. The Hall–Kier alpha value is -2.61. The van der Waals surface area contributed by atoms with Gasteiger partial charge in [0, 0.05) is 26.2 Å². The minimum atomic E-state index is 0.531. The van der Waals surface area contributed by atoms with Gasteiger partial charge < -0.3 is 24.6 Å². The Labute approximate surface area is 160 Å². The first-order valence-electron chi connectivity index (χ1n) is 9.55. The number of anilines is 3. The van der Waals surface area contributed by atoms with Crippen LogP contribution in [-0.4, -0.2) is 67.5 Å². The van der Waals surface area contributed by atoms with E-state index < -0.39 is 0 Å². The number of hydrogen-bond acceptors (Lipinski definition) is 8. The highest BCUT2D eigenvalue weighted by Gasteiger charge is 2.18. The average molecular weight is 372 g/mol. The Morgan fingerprint density at radius 3 is 2.52 bits per heavy atom. The summed E-state index contributed by atoms with van der Waals surface area (Å²) in [4.78, 5) is 18.1. The van der Waals surface area contributed by atoms with Gasteiger partial charge in [-0.25, -0.2) is 0 Å². The lowest BCUT2D eigenvalue weighted by molar-refractivity contribution is 0.122. The van der Waals surface area contributed by atoms with E-state index in [1.807, 2.05) is 30.3 Å². The van der Waals surface area contributed by atoms with Crippen LogP contribution in [0.15, 0.2) is 30.3 Å². The predicted molar refractivity (Wildman–Crippen MR) is 107 cm³/mol. The van der Waals surface area contributed by atoms with Crippen molar-refractivity contribution in [1.82, 2.24) is 15.0 Å². The van der Waals surface area contributed by atoms with Gasteiger partial charge in [-0.1, -0.05) is 18.2 Å². The van der Waals surface area contributed by atoms with Crippen LogP contribution in [0.3, 0.4) is 0 Å². The first-order valence-corrected chi connectivity index (χ1v) is 9.55. The van der Waals surface area contributed by atoms with Crippen LogP contribution in [0.4, 0.5) is 17.8 Å². The summed E-state index contributed by atoms with van der Waals surface area (Å²) in [7, 11) is 0. The summed E-state index contributed by atoms with van der Waals surface area (Å²) in [5, 5.41) is 3.27. The molecular weight excluding hydrogens is 344 g/mol. The number of nitrogens with one attached hydrogen (secondary N) is 1. The molecule has 1 N–H and O–H groups in total. The predicted octanol–water partition coefficient (Wildman–Crippen LogP) is 2.05. The number of nitrogens with zero attached hydrogens (tertiary/aromatic N) is 5. The number of rotatable bonds is 9. The first-order chi connectivity index (χ1) is 13.3. The number of aromatic nitrogens is 3. The van der Waals surface area contributed by atoms with Crippen molar-refractivity contribution in [2.24, 2.45) is 0 Å². The van der Waals surface area contributed by atoms with Gasteiger partial charge in [-0.15, -0.1) is 0 Å². The summed E-state index contributed by atoms with van der Waals surface area (Å²) < 4.78 is 11.2. The number of hydrogen-bond donors (Lipinski definition) is 1. The van der Waals surface area contributed by atoms with Crippen molar-refractivity contribution in [2.75, 3.05) is 67.7 Å². The van der Waals surface area contributed by atoms with Crippen molar-refractivity contribution in [3.8, 4) is 5.75 Å². The molecule has 0 saturated carbocycles. The van der Waals surface area contributed by atoms with E-state index in [9.17, 15) is 0 Å². The number of benzene rings is 1. The second kappa shape index (κ2) is 9.91. The molecule has 8 nitrogen and oxygen atoms in total. The van der Waals surface area contributed by atoms with Crippen LogP contribution in [0, 0.1) is 0 Å². The lowest BCUT2D eigenvalue weighted by Crippen LogP contribution is -2.38. The van der Waals surface area contributed by atoms with E-state index in [0.717, 1.165) is 31.9 Å². The van der Waals surface area contributed by atoms with E-state index in [4.69, 9.17) is 9.47 Å². The number of para-hydroxylation sites is 1. The van der Waals surface area contributed by atoms with Crippen molar-refractivity contribution < 1.29 is 9.47 Å².